The molecule has 0 bridgehead atoms. The summed E-state index contributed by atoms with van der Waals surface area (Å²) in [5.74, 6) is 1.54. The normalized spacial score (nSPS) is 10.4. The highest BCUT2D eigenvalue weighted by Gasteiger charge is 2.15. The molecule has 0 saturated carbocycles. The lowest BCUT2D eigenvalue weighted by Gasteiger charge is -2.22. The molecular formula is C22H24N2O3. The van der Waals surface area contributed by atoms with Gasteiger partial charge in [-0.15, -0.1) is 0 Å². The average Bonchev–Trinajstić information content (AvgIpc) is 3.21. The Kier molecular flexibility index (Phi) is 6.52. The van der Waals surface area contributed by atoms with Crippen LogP contribution in [0, 0.1) is 0 Å². The lowest BCUT2D eigenvalue weighted by molar-refractivity contribution is 0.205. The van der Waals surface area contributed by atoms with E-state index in [-0.39, 0.29) is 6.03 Å². The van der Waals surface area contributed by atoms with E-state index < -0.39 is 0 Å². The molecule has 1 heterocycles. The zero-order valence-electron chi connectivity index (χ0n) is 15.4. The molecule has 0 fully saturated rings. The Morgan fingerprint density at radius 2 is 1.81 bits per heavy atom. The van der Waals surface area contributed by atoms with Crippen LogP contribution >= 0.6 is 0 Å². The lowest BCUT2D eigenvalue weighted by atomic mass is 10.1. The number of furan rings is 1. The number of anilines is 1. The van der Waals surface area contributed by atoms with E-state index >= 15 is 0 Å². The minimum absolute atomic E-state index is 0.161. The van der Waals surface area contributed by atoms with Crippen molar-refractivity contribution in [2.45, 2.75) is 19.9 Å². The molecule has 0 saturated heterocycles. The predicted molar refractivity (Wildman–Crippen MR) is 106 cm³/mol. The topological polar surface area (TPSA) is 54.7 Å². The fraction of sp³-hybridized carbons (Fsp3) is 0.227. The molecule has 27 heavy (non-hydrogen) atoms. The molecule has 0 aliphatic heterocycles. The van der Waals surface area contributed by atoms with Crippen LogP contribution in [-0.2, 0) is 13.0 Å². The van der Waals surface area contributed by atoms with Crippen LogP contribution in [0.15, 0.2) is 77.4 Å². The van der Waals surface area contributed by atoms with E-state index in [0.717, 1.165) is 23.6 Å². The summed E-state index contributed by atoms with van der Waals surface area (Å²) in [4.78, 5) is 14.6. The van der Waals surface area contributed by atoms with Gasteiger partial charge >= 0.3 is 6.03 Å². The van der Waals surface area contributed by atoms with Gasteiger partial charge in [-0.2, -0.15) is 0 Å². The number of rotatable bonds is 8. The maximum absolute atomic E-state index is 12.8. The molecule has 1 aromatic heterocycles. The quantitative estimate of drug-likeness (QED) is 0.615. The second kappa shape index (κ2) is 9.48. The molecule has 2 aromatic carbocycles. The first kappa shape index (κ1) is 18.6. The molecule has 1 N–H and O–H groups in total. The highest BCUT2D eigenvalue weighted by atomic mass is 16.5. The molecule has 0 aliphatic carbocycles. The van der Waals surface area contributed by atoms with Crippen molar-refractivity contribution in [3.63, 3.8) is 0 Å². The van der Waals surface area contributed by atoms with Gasteiger partial charge in [0.05, 0.1) is 19.4 Å². The number of carbonyl (C=O) groups excluding carboxylic acids is 1. The Balaban J connectivity index is 1.65. The molecule has 0 aliphatic rings. The van der Waals surface area contributed by atoms with Gasteiger partial charge in [-0.25, -0.2) is 4.79 Å². The first-order valence-corrected chi connectivity index (χ1v) is 9.09. The largest absolute Gasteiger partial charge is 0.494 e. The van der Waals surface area contributed by atoms with E-state index in [4.69, 9.17) is 9.15 Å². The van der Waals surface area contributed by atoms with Crippen molar-refractivity contribution < 1.29 is 13.9 Å². The number of nitrogens with one attached hydrogen (secondary N) is 1. The molecule has 0 spiro atoms. The minimum Gasteiger partial charge on any atom is -0.494 e. The van der Waals surface area contributed by atoms with E-state index in [2.05, 4.69) is 17.4 Å². The standard InChI is InChI=1S/C22H24N2O3/c1-2-26-20-12-10-19(11-13-20)23-22(25)24(17-21-9-6-16-27-21)15-14-18-7-4-3-5-8-18/h3-13,16H,2,14-15,17H2,1H3,(H,23,25). The number of hydrogen-bond acceptors (Lipinski definition) is 3. The van der Waals surface area contributed by atoms with Crippen molar-refractivity contribution in [2.24, 2.45) is 0 Å². The van der Waals surface area contributed by atoms with Gasteiger partial charge in [0.25, 0.3) is 0 Å². The van der Waals surface area contributed by atoms with E-state index in [1.807, 2.05) is 61.5 Å². The zero-order chi connectivity index (χ0) is 18.9. The number of benzene rings is 2. The summed E-state index contributed by atoms with van der Waals surface area (Å²) < 4.78 is 10.9. The second-order valence-corrected chi connectivity index (χ2v) is 6.12. The minimum atomic E-state index is -0.161. The van der Waals surface area contributed by atoms with Gasteiger partial charge in [0.2, 0.25) is 0 Å². The van der Waals surface area contributed by atoms with Gasteiger partial charge in [0.1, 0.15) is 11.5 Å². The third kappa shape index (κ3) is 5.64. The average molecular weight is 364 g/mol. The van der Waals surface area contributed by atoms with E-state index in [0.29, 0.717) is 19.7 Å². The summed E-state index contributed by atoms with van der Waals surface area (Å²) in [5, 5.41) is 2.95. The third-order valence-corrected chi connectivity index (χ3v) is 4.14. The Morgan fingerprint density at radius 1 is 1.04 bits per heavy atom. The maximum Gasteiger partial charge on any atom is 0.322 e. The van der Waals surface area contributed by atoms with Crippen LogP contribution in [0.25, 0.3) is 0 Å². The van der Waals surface area contributed by atoms with Crippen LogP contribution in [-0.4, -0.2) is 24.1 Å². The summed E-state index contributed by atoms with van der Waals surface area (Å²) >= 11 is 0. The monoisotopic (exact) mass is 364 g/mol. The third-order valence-electron chi connectivity index (χ3n) is 4.14. The van der Waals surface area contributed by atoms with Crippen molar-refractivity contribution in [2.75, 3.05) is 18.5 Å². The van der Waals surface area contributed by atoms with E-state index in [9.17, 15) is 4.79 Å². The molecule has 2 amide bonds. The van der Waals surface area contributed by atoms with Crippen molar-refractivity contribution in [3.05, 3.63) is 84.3 Å². The number of amides is 2. The molecule has 0 atom stereocenters. The van der Waals surface area contributed by atoms with Gasteiger partial charge in [-0.05, 0) is 55.3 Å². The van der Waals surface area contributed by atoms with Crippen molar-refractivity contribution in [3.8, 4) is 5.75 Å². The zero-order valence-corrected chi connectivity index (χ0v) is 15.4. The summed E-state index contributed by atoms with van der Waals surface area (Å²) in [5.41, 5.74) is 1.92. The smallest absolute Gasteiger partial charge is 0.322 e. The van der Waals surface area contributed by atoms with Crippen molar-refractivity contribution in [1.29, 1.82) is 0 Å². The number of carbonyl (C=O) groups is 1. The van der Waals surface area contributed by atoms with Crippen LogP contribution in [0.5, 0.6) is 5.75 Å². The van der Waals surface area contributed by atoms with E-state index in [1.165, 1.54) is 5.56 Å². The summed E-state index contributed by atoms with van der Waals surface area (Å²) in [6.07, 6.45) is 2.40. The van der Waals surface area contributed by atoms with E-state index in [1.54, 1.807) is 11.2 Å². The number of ether oxygens (including phenoxy) is 1. The molecule has 140 valence electrons. The summed E-state index contributed by atoms with van der Waals surface area (Å²) in [6, 6.07) is 21.0. The Hall–Kier alpha value is -3.21. The van der Waals surface area contributed by atoms with Gasteiger partial charge in [0.15, 0.2) is 0 Å². The molecule has 5 heteroatoms. The maximum atomic E-state index is 12.8. The SMILES string of the molecule is CCOc1ccc(NC(=O)N(CCc2ccccc2)Cc2ccco2)cc1. The van der Waals surface area contributed by atoms with Crippen LogP contribution in [0.1, 0.15) is 18.2 Å². The van der Waals surface area contributed by atoms with Gasteiger partial charge in [0, 0.05) is 12.2 Å². The Bertz CT molecular complexity index is 815. The Morgan fingerprint density at radius 3 is 2.48 bits per heavy atom. The highest BCUT2D eigenvalue weighted by molar-refractivity contribution is 5.89. The molecule has 5 nitrogen and oxygen atoms in total. The lowest BCUT2D eigenvalue weighted by Crippen LogP contribution is -2.36. The first-order valence-electron chi connectivity index (χ1n) is 9.09. The second-order valence-electron chi connectivity index (χ2n) is 6.12. The van der Waals surface area contributed by atoms with Gasteiger partial charge < -0.3 is 19.4 Å². The molecule has 0 unspecified atom stereocenters. The van der Waals surface area contributed by atoms with Crippen LogP contribution in [0.2, 0.25) is 0 Å². The molecule has 3 aromatic rings. The molecular weight excluding hydrogens is 340 g/mol. The van der Waals surface area contributed by atoms with Crippen LogP contribution < -0.4 is 10.1 Å². The summed E-state index contributed by atoms with van der Waals surface area (Å²) in [6.45, 7) is 3.56. The first-order chi connectivity index (χ1) is 13.2. The van der Waals surface area contributed by atoms with Crippen LogP contribution in [0.4, 0.5) is 10.5 Å². The molecule has 0 radical (unpaired) electrons. The highest BCUT2D eigenvalue weighted by Crippen LogP contribution is 2.17. The van der Waals surface area contributed by atoms with Crippen LogP contribution in [0.3, 0.4) is 0 Å². The fourth-order valence-electron chi connectivity index (χ4n) is 2.76. The number of hydrogen-bond donors (Lipinski definition) is 1. The number of nitrogens with zero attached hydrogens (tertiary/aromatic N) is 1. The Labute approximate surface area is 159 Å². The fourth-order valence-corrected chi connectivity index (χ4v) is 2.76. The summed E-state index contributed by atoms with van der Waals surface area (Å²) in [7, 11) is 0. The van der Waals surface area contributed by atoms with Crippen molar-refractivity contribution in [1.82, 2.24) is 4.90 Å². The van der Waals surface area contributed by atoms with Gasteiger partial charge in [-0.1, -0.05) is 30.3 Å². The number of urea groups is 1. The predicted octanol–water partition coefficient (Wildman–Crippen LogP) is 4.96. The van der Waals surface area contributed by atoms with Gasteiger partial charge in [-0.3, -0.25) is 0 Å². The van der Waals surface area contributed by atoms with Crippen molar-refractivity contribution >= 4 is 11.7 Å². The molecule has 3 rings (SSSR count).